The van der Waals surface area contributed by atoms with Crippen LogP contribution in [0.25, 0.3) is 0 Å². The minimum Gasteiger partial charge on any atom is -0.496 e. The molecule has 130 valence electrons. The van der Waals surface area contributed by atoms with Crippen molar-refractivity contribution < 1.29 is 9.84 Å². The van der Waals surface area contributed by atoms with Crippen molar-refractivity contribution in [1.82, 2.24) is 10.2 Å². The highest BCUT2D eigenvalue weighted by Crippen LogP contribution is 2.43. The first-order valence-corrected chi connectivity index (χ1v) is 8.64. The third-order valence-electron chi connectivity index (χ3n) is 4.88. The average Bonchev–Trinajstić information content (AvgIpc) is 2.55. The molecule has 2 N–H and O–H groups in total. The molecule has 0 radical (unpaired) electrons. The van der Waals surface area contributed by atoms with E-state index in [-0.39, 0.29) is 18.1 Å². The van der Waals surface area contributed by atoms with Crippen molar-refractivity contribution in [1.29, 1.82) is 0 Å². The van der Waals surface area contributed by atoms with Crippen molar-refractivity contribution in [2.75, 3.05) is 39.9 Å². The Bertz CT molecular complexity index is 508. The van der Waals surface area contributed by atoms with Crippen LogP contribution in [0.1, 0.15) is 50.8 Å². The summed E-state index contributed by atoms with van der Waals surface area (Å²) in [7, 11) is 1.73. The molecule has 4 nitrogen and oxygen atoms in total. The Morgan fingerprint density at radius 1 is 1.26 bits per heavy atom. The maximum Gasteiger partial charge on any atom is 0.123 e. The Kier molecular flexibility index (Phi) is 6.06. The fourth-order valence-corrected chi connectivity index (χ4v) is 3.46. The number of rotatable bonds is 6. The van der Waals surface area contributed by atoms with Gasteiger partial charge < -0.3 is 15.2 Å². The molecule has 1 aromatic carbocycles. The maximum absolute atomic E-state index is 10.0. The van der Waals surface area contributed by atoms with Gasteiger partial charge >= 0.3 is 0 Å². The average molecular weight is 320 g/mol. The number of piperazine rings is 1. The molecule has 0 bridgehead atoms. The Balaban J connectivity index is 2.50. The van der Waals surface area contributed by atoms with E-state index in [2.05, 4.69) is 56.1 Å². The first kappa shape index (κ1) is 18.2. The molecule has 1 atom stereocenters. The number of aliphatic hydroxyl groups excluding tert-OH is 1. The molecule has 0 amide bonds. The van der Waals surface area contributed by atoms with Crippen molar-refractivity contribution >= 4 is 0 Å². The van der Waals surface area contributed by atoms with Gasteiger partial charge in [-0.2, -0.15) is 0 Å². The lowest BCUT2D eigenvalue weighted by Gasteiger charge is -2.44. The second kappa shape index (κ2) is 7.65. The summed E-state index contributed by atoms with van der Waals surface area (Å²) < 4.78 is 5.67. The summed E-state index contributed by atoms with van der Waals surface area (Å²) >= 11 is 0. The molecular formula is C19H32N2O2. The number of hydrogen-bond donors (Lipinski definition) is 2. The zero-order chi connectivity index (χ0) is 17.0. The number of ether oxygens (including phenoxy) is 1. The van der Waals surface area contributed by atoms with Crippen molar-refractivity contribution in [3.63, 3.8) is 0 Å². The highest BCUT2D eigenvalue weighted by molar-refractivity contribution is 5.41. The second-order valence-corrected chi connectivity index (χ2v) is 7.49. The first-order chi connectivity index (χ1) is 10.9. The van der Waals surface area contributed by atoms with Crippen LogP contribution < -0.4 is 10.1 Å². The molecule has 0 unspecified atom stereocenters. The molecule has 1 aliphatic rings. The number of aliphatic hydroxyl groups is 1. The Hall–Kier alpha value is -1.10. The lowest BCUT2D eigenvalue weighted by molar-refractivity contribution is 0.0292. The van der Waals surface area contributed by atoms with Crippen molar-refractivity contribution in [2.45, 2.75) is 39.7 Å². The fourth-order valence-electron chi connectivity index (χ4n) is 3.46. The Labute approximate surface area is 140 Å². The molecule has 1 heterocycles. The topological polar surface area (TPSA) is 44.7 Å². The minimum atomic E-state index is -0.236. The summed E-state index contributed by atoms with van der Waals surface area (Å²) in [5.74, 6) is 1.39. The van der Waals surface area contributed by atoms with Crippen molar-refractivity contribution in [2.24, 2.45) is 5.41 Å². The number of hydrogen-bond acceptors (Lipinski definition) is 4. The third kappa shape index (κ3) is 4.06. The number of nitrogens with zero attached hydrogens (tertiary/aromatic N) is 1. The van der Waals surface area contributed by atoms with Gasteiger partial charge in [0.05, 0.1) is 7.11 Å². The molecule has 0 aromatic heterocycles. The summed E-state index contributed by atoms with van der Waals surface area (Å²) in [4.78, 5) is 2.48. The van der Waals surface area contributed by atoms with Crippen LogP contribution in [0.15, 0.2) is 18.2 Å². The second-order valence-electron chi connectivity index (χ2n) is 7.49. The minimum absolute atomic E-state index is 0.142. The molecule has 23 heavy (non-hydrogen) atoms. The van der Waals surface area contributed by atoms with Crippen molar-refractivity contribution in [3.05, 3.63) is 29.3 Å². The van der Waals surface area contributed by atoms with Gasteiger partial charge in [-0.25, -0.2) is 0 Å². The van der Waals surface area contributed by atoms with Crippen LogP contribution in [0.4, 0.5) is 0 Å². The molecule has 1 aromatic rings. The number of benzene rings is 1. The van der Waals surface area contributed by atoms with Crippen molar-refractivity contribution in [3.8, 4) is 5.75 Å². The van der Waals surface area contributed by atoms with Gasteiger partial charge in [0.25, 0.3) is 0 Å². The lowest BCUT2D eigenvalue weighted by atomic mass is 9.78. The number of methoxy groups -OCH3 is 1. The quantitative estimate of drug-likeness (QED) is 0.846. The number of nitrogens with one attached hydrogen (secondary N) is 1. The fraction of sp³-hybridized carbons (Fsp3) is 0.684. The van der Waals surface area contributed by atoms with E-state index in [9.17, 15) is 5.11 Å². The van der Waals surface area contributed by atoms with E-state index < -0.39 is 0 Å². The molecule has 1 saturated heterocycles. The van der Waals surface area contributed by atoms with Gasteiger partial charge in [0.2, 0.25) is 0 Å². The van der Waals surface area contributed by atoms with Gasteiger partial charge in [0.15, 0.2) is 0 Å². The van der Waals surface area contributed by atoms with E-state index in [1.807, 2.05) is 0 Å². The van der Waals surface area contributed by atoms with Crippen LogP contribution in [0.3, 0.4) is 0 Å². The van der Waals surface area contributed by atoms with Gasteiger partial charge in [-0.15, -0.1) is 0 Å². The zero-order valence-electron chi connectivity index (χ0n) is 15.2. The van der Waals surface area contributed by atoms with Crippen LogP contribution in [-0.2, 0) is 0 Å². The molecule has 1 fully saturated rings. The summed E-state index contributed by atoms with van der Waals surface area (Å²) in [5, 5.41) is 13.4. The normalized spacial score (nSPS) is 18.2. The maximum atomic E-state index is 10.0. The Morgan fingerprint density at radius 2 is 1.91 bits per heavy atom. The summed E-state index contributed by atoms with van der Waals surface area (Å²) in [6, 6.07) is 6.64. The van der Waals surface area contributed by atoms with E-state index >= 15 is 0 Å². The van der Waals surface area contributed by atoms with E-state index in [0.29, 0.717) is 5.92 Å². The highest BCUT2D eigenvalue weighted by Gasteiger charge is 2.37. The van der Waals surface area contributed by atoms with E-state index in [1.165, 1.54) is 11.1 Å². The molecule has 0 aliphatic carbocycles. The summed E-state index contributed by atoms with van der Waals surface area (Å²) in [6.45, 7) is 12.8. The van der Waals surface area contributed by atoms with Crippen LogP contribution >= 0.6 is 0 Å². The van der Waals surface area contributed by atoms with Crippen LogP contribution in [0, 0.1) is 5.41 Å². The zero-order valence-corrected chi connectivity index (χ0v) is 15.2. The largest absolute Gasteiger partial charge is 0.496 e. The predicted molar refractivity (Wildman–Crippen MR) is 95.1 cm³/mol. The molecule has 0 spiro atoms. The molecule has 0 saturated carbocycles. The molecule has 4 heteroatoms. The third-order valence-corrected chi connectivity index (χ3v) is 4.88. The van der Waals surface area contributed by atoms with Crippen LogP contribution in [-0.4, -0.2) is 49.9 Å². The van der Waals surface area contributed by atoms with E-state index in [1.54, 1.807) is 7.11 Å². The van der Waals surface area contributed by atoms with Gasteiger partial charge in [-0.3, -0.25) is 4.90 Å². The van der Waals surface area contributed by atoms with E-state index in [4.69, 9.17) is 4.74 Å². The van der Waals surface area contributed by atoms with Crippen LogP contribution in [0.5, 0.6) is 5.75 Å². The van der Waals surface area contributed by atoms with Gasteiger partial charge in [-0.05, 0) is 17.5 Å². The SMILES string of the molecule is COc1ccc(C(C)C)cc1[C@H](N1CCNCC1)C(C)(C)CO. The van der Waals surface area contributed by atoms with Gasteiger partial charge in [-0.1, -0.05) is 39.8 Å². The van der Waals surface area contributed by atoms with Gasteiger partial charge in [0, 0.05) is 49.8 Å². The highest BCUT2D eigenvalue weighted by atomic mass is 16.5. The molecular weight excluding hydrogens is 288 g/mol. The smallest absolute Gasteiger partial charge is 0.123 e. The monoisotopic (exact) mass is 320 g/mol. The standard InChI is InChI=1S/C19H32N2O2/c1-14(2)15-6-7-17(23-5)16(12-15)18(19(3,4)13-22)21-10-8-20-9-11-21/h6-7,12,14,18,20,22H,8-11,13H2,1-5H3/t18-/m0/s1. The Morgan fingerprint density at radius 3 is 2.43 bits per heavy atom. The summed E-state index contributed by atoms with van der Waals surface area (Å²) in [6.07, 6.45) is 0. The van der Waals surface area contributed by atoms with Crippen LogP contribution in [0.2, 0.25) is 0 Å². The first-order valence-electron chi connectivity index (χ1n) is 8.64. The van der Waals surface area contributed by atoms with E-state index in [0.717, 1.165) is 31.9 Å². The summed E-state index contributed by atoms with van der Waals surface area (Å²) in [5.41, 5.74) is 2.27. The molecule has 2 rings (SSSR count). The predicted octanol–water partition coefficient (Wildman–Crippen LogP) is 2.78. The van der Waals surface area contributed by atoms with Gasteiger partial charge in [0.1, 0.15) is 5.75 Å². The molecule has 1 aliphatic heterocycles. The lowest BCUT2D eigenvalue weighted by Crippen LogP contribution is -2.49.